The number of furan rings is 2. The van der Waals surface area contributed by atoms with Crippen LogP contribution in [0.25, 0.3) is 28.7 Å². The third-order valence-corrected chi connectivity index (χ3v) is 4.81. The number of hydrogen-bond acceptors (Lipinski definition) is 4. The molecule has 0 bridgehead atoms. The van der Waals surface area contributed by atoms with E-state index >= 15 is 0 Å². The number of amides is 1. The molecular weight excluding hydrogens is 421 g/mol. The Labute approximate surface area is 182 Å². The minimum Gasteiger partial charge on any atom is -0.459 e. The van der Waals surface area contributed by atoms with E-state index in [0.717, 1.165) is 5.56 Å². The Balaban J connectivity index is 1.45. The van der Waals surface area contributed by atoms with Crippen molar-refractivity contribution in [2.75, 3.05) is 5.32 Å². The largest absolute Gasteiger partial charge is 0.459 e. The van der Waals surface area contributed by atoms with Crippen LogP contribution in [0.15, 0.2) is 81.6 Å². The lowest BCUT2D eigenvalue weighted by Crippen LogP contribution is -2.08. The van der Waals surface area contributed by atoms with Gasteiger partial charge in [0.15, 0.2) is 0 Å². The van der Waals surface area contributed by atoms with Crippen LogP contribution in [0.3, 0.4) is 0 Å². The van der Waals surface area contributed by atoms with Gasteiger partial charge in [0.05, 0.1) is 10.7 Å². The van der Waals surface area contributed by atoms with Crippen LogP contribution in [-0.4, -0.2) is 11.0 Å². The van der Waals surface area contributed by atoms with Crippen molar-refractivity contribution in [2.45, 2.75) is 6.61 Å². The lowest BCUT2D eigenvalue weighted by molar-refractivity contribution is -0.111. The first-order valence-corrected chi connectivity index (χ1v) is 9.74. The van der Waals surface area contributed by atoms with Crippen molar-refractivity contribution in [3.8, 4) is 22.6 Å². The van der Waals surface area contributed by atoms with E-state index in [2.05, 4.69) is 5.32 Å². The van der Waals surface area contributed by atoms with E-state index in [1.165, 1.54) is 24.3 Å². The summed E-state index contributed by atoms with van der Waals surface area (Å²) in [5.74, 6) is 1.32. The molecule has 0 saturated heterocycles. The summed E-state index contributed by atoms with van der Waals surface area (Å²) in [4.78, 5) is 12.4. The molecule has 2 N–H and O–H groups in total. The van der Waals surface area contributed by atoms with E-state index in [-0.39, 0.29) is 12.4 Å². The summed E-state index contributed by atoms with van der Waals surface area (Å²) in [6, 6.07) is 17.9. The van der Waals surface area contributed by atoms with E-state index in [0.29, 0.717) is 39.3 Å². The Morgan fingerprint density at radius 2 is 1.68 bits per heavy atom. The zero-order valence-electron chi connectivity index (χ0n) is 16.1. The summed E-state index contributed by atoms with van der Waals surface area (Å²) < 4.78 is 24.2. The summed E-state index contributed by atoms with van der Waals surface area (Å²) >= 11 is 6.21. The van der Waals surface area contributed by atoms with Gasteiger partial charge >= 0.3 is 0 Å². The molecule has 1 amide bonds. The van der Waals surface area contributed by atoms with Crippen molar-refractivity contribution in [3.63, 3.8) is 0 Å². The molecule has 31 heavy (non-hydrogen) atoms. The van der Waals surface area contributed by atoms with Crippen molar-refractivity contribution in [1.82, 2.24) is 0 Å². The zero-order valence-corrected chi connectivity index (χ0v) is 16.9. The van der Waals surface area contributed by atoms with Crippen molar-refractivity contribution in [3.05, 3.63) is 95.2 Å². The second-order valence-corrected chi connectivity index (χ2v) is 7.06. The number of halogens is 2. The molecule has 7 heteroatoms. The maximum atomic E-state index is 13.1. The number of rotatable bonds is 6. The summed E-state index contributed by atoms with van der Waals surface area (Å²) in [6.07, 6.45) is 2.85. The fraction of sp³-hybridized carbons (Fsp3) is 0.0417. The number of carbonyl (C=O) groups excluding carboxylic acids is 1. The molecule has 0 aliphatic heterocycles. The van der Waals surface area contributed by atoms with Gasteiger partial charge in [0.2, 0.25) is 5.91 Å². The molecule has 0 aliphatic rings. The Hall–Kier alpha value is -3.61. The number of carbonyl (C=O) groups is 1. The van der Waals surface area contributed by atoms with E-state index < -0.39 is 5.91 Å². The monoisotopic (exact) mass is 437 g/mol. The van der Waals surface area contributed by atoms with E-state index in [1.54, 1.807) is 54.6 Å². The SMILES string of the molecule is O=C(/C=C/c1ccc(-c2ccc(F)cc2)o1)Nc1cc(-c2ccc(CO)o2)ccc1Cl. The molecule has 2 heterocycles. The number of aliphatic hydroxyl groups excluding tert-OH is 1. The van der Waals surface area contributed by atoms with Crippen LogP contribution in [0.5, 0.6) is 0 Å². The van der Waals surface area contributed by atoms with Gasteiger partial charge in [-0.3, -0.25) is 4.79 Å². The predicted octanol–water partition coefficient (Wildman–Crippen LogP) is 6.14. The fourth-order valence-electron chi connectivity index (χ4n) is 2.94. The molecule has 4 rings (SSSR count). The second kappa shape index (κ2) is 9.04. The molecule has 0 radical (unpaired) electrons. The zero-order chi connectivity index (χ0) is 21.8. The van der Waals surface area contributed by atoms with Crippen LogP contribution in [0.1, 0.15) is 11.5 Å². The maximum Gasteiger partial charge on any atom is 0.248 e. The molecule has 0 unspecified atom stereocenters. The topological polar surface area (TPSA) is 75.6 Å². The van der Waals surface area contributed by atoms with Crippen molar-refractivity contribution in [2.24, 2.45) is 0 Å². The Morgan fingerprint density at radius 3 is 2.42 bits per heavy atom. The third-order valence-electron chi connectivity index (χ3n) is 4.48. The summed E-state index contributed by atoms with van der Waals surface area (Å²) in [5.41, 5.74) is 1.86. The molecule has 0 saturated carbocycles. The molecular formula is C24H17ClFNO4. The minimum absolute atomic E-state index is 0.197. The number of hydrogen-bond donors (Lipinski definition) is 2. The average Bonchev–Trinajstić information content (AvgIpc) is 3.44. The first-order chi connectivity index (χ1) is 15.0. The smallest absolute Gasteiger partial charge is 0.248 e. The Morgan fingerprint density at radius 1 is 0.968 bits per heavy atom. The lowest BCUT2D eigenvalue weighted by Gasteiger charge is -2.07. The van der Waals surface area contributed by atoms with Crippen LogP contribution in [0.4, 0.5) is 10.1 Å². The van der Waals surface area contributed by atoms with Crippen LogP contribution >= 0.6 is 11.6 Å². The molecule has 2 aromatic heterocycles. The van der Waals surface area contributed by atoms with Gasteiger partial charge in [-0.1, -0.05) is 11.6 Å². The van der Waals surface area contributed by atoms with Crippen LogP contribution in [0, 0.1) is 5.82 Å². The van der Waals surface area contributed by atoms with Gasteiger partial charge in [-0.25, -0.2) is 4.39 Å². The molecule has 0 spiro atoms. The van der Waals surface area contributed by atoms with Gasteiger partial charge in [0.1, 0.15) is 35.5 Å². The fourth-order valence-corrected chi connectivity index (χ4v) is 3.10. The van der Waals surface area contributed by atoms with E-state index in [1.807, 2.05) is 0 Å². The van der Waals surface area contributed by atoms with Crippen LogP contribution in [-0.2, 0) is 11.4 Å². The van der Waals surface area contributed by atoms with Gasteiger partial charge in [0, 0.05) is 17.2 Å². The van der Waals surface area contributed by atoms with Gasteiger partial charge in [0.25, 0.3) is 0 Å². The van der Waals surface area contributed by atoms with Gasteiger partial charge < -0.3 is 19.3 Å². The highest BCUT2D eigenvalue weighted by Crippen LogP contribution is 2.30. The molecule has 0 atom stereocenters. The summed E-state index contributed by atoms with van der Waals surface area (Å²) in [6.45, 7) is -0.197. The highest BCUT2D eigenvalue weighted by atomic mass is 35.5. The van der Waals surface area contributed by atoms with Gasteiger partial charge in [-0.15, -0.1) is 0 Å². The number of aliphatic hydroxyl groups is 1. The molecule has 4 aromatic rings. The first kappa shape index (κ1) is 20.7. The normalized spacial score (nSPS) is 11.2. The minimum atomic E-state index is -0.394. The predicted molar refractivity (Wildman–Crippen MR) is 117 cm³/mol. The molecule has 2 aromatic carbocycles. The Kier molecular flexibility index (Phi) is 6.02. The third kappa shape index (κ3) is 4.94. The summed E-state index contributed by atoms with van der Waals surface area (Å²) in [5, 5.41) is 12.2. The highest BCUT2D eigenvalue weighted by Gasteiger charge is 2.10. The van der Waals surface area contributed by atoms with Gasteiger partial charge in [-0.05, 0) is 72.8 Å². The number of nitrogens with one attached hydrogen (secondary N) is 1. The van der Waals surface area contributed by atoms with Crippen molar-refractivity contribution in [1.29, 1.82) is 0 Å². The first-order valence-electron chi connectivity index (χ1n) is 9.36. The Bertz CT molecular complexity index is 1240. The highest BCUT2D eigenvalue weighted by molar-refractivity contribution is 6.34. The van der Waals surface area contributed by atoms with Crippen molar-refractivity contribution >= 4 is 29.3 Å². The summed E-state index contributed by atoms with van der Waals surface area (Å²) in [7, 11) is 0. The second-order valence-electron chi connectivity index (χ2n) is 6.65. The van der Waals surface area contributed by atoms with E-state index in [9.17, 15) is 9.18 Å². The van der Waals surface area contributed by atoms with Crippen molar-refractivity contribution < 1.29 is 23.1 Å². The molecule has 5 nitrogen and oxygen atoms in total. The standard InChI is InChI=1S/C24H17ClFNO4/c25-20-9-3-16(23-11-7-19(14-28)31-23)13-21(20)27-24(29)12-8-18-6-10-22(30-18)15-1-4-17(26)5-2-15/h1-13,28H,14H2,(H,27,29)/b12-8+. The molecule has 156 valence electrons. The van der Waals surface area contributed by atoms with Crippen LogP contribution in [0.2, 0.25) is 5.02 Å². The molecule has 0 fully saturated rings. The number of benzene rings is 2. The number of anilines is 1. The maximum absolute atomic E-state index is 13.1. The lowest BCUT2D eigenvalue weighted by atomic mass is 10.1. The van der Waals surface area contributed by atoms with E-state index in [4.69, 9.17) is 25.5 Å². The van der Waals surface area contributed by atoms with Crippen LogP contribution < -0.4 is 5.32 Å². The molecule has 0 aliphatic carbocycles. The average molecular weight is 438 g/mol. The quantitative estimate of drug-likeness (QED) is 0.355. The van der Waals surface area contributed by atoms with Gasteiger partial charge in [-0.2, -0.15) is 0 Å².